The van der Waals surface area contributed by atoms with Crippen LogP contribution < -0.4 is 0 Å². The van der Waals surface area contributed by atoms with Crippen LogP contribution in [0.1, 0.15) is 82.6 Å². The SMILES string of the molecule is C=CCCCCCCCOCC(COCCOCCOCCOCCOCc1ccccc1)OCCCCCCCC=C. The number of rotatable bonds is 35. The number of benzene rings is 1. The van der Waals surface area contributed by atoms with Crippen molar-refractivity contribution in [2.45, 2.75) is 89.8 Å². The van der Waals surface area contributed by atoms with E-state index < -0.39 is 0 Å². The van der Waals surface area contributed by atoms with Crippen molar-refractivity contribution < 1.29 is 33.2 Å². The Labute approximate surface area is 263 Å². The molecule has 0 aliphatic rings. The second kappa shape index (κ2) is 33.3. The molecule has 1 unspecified atom stereocenters. The van der Waals surface area contributed by atoms with Crippen LogP contribution in [0.5, 0.6) is 0 Å². The first-order valence-electron chi connectivity index (χ1n) is 16.7. The van der Waals surface area contributed by atoms with E-state index >= 15 is 0 Å². The van der Waals surface area contributed by atoms with Crippen LogP contribution in [0.4, 0.5) is 0 Å². The van der Waals surface area contributed by atoms with Crippen molar-refractivity contribution in [1.82, 2.24) is 0 Å². The third-order valence-electron chi connectivity index (χ3n) is 6.81. The second-order valence-electron chi connectivity index (χ2n) is 10.7. The average molecular weight is 607 g/mol. The molecule has 1 aromatic rings. The lowest BCUT2D eigenvalue weighted by Crippen LogP contribution is -2.27. The van der Waals surface area contributed by atoms with Crippen molar-refractivity contribution in [1.29, 1.82) is 0 Å². The van der Waals surface area contributed by atoms with Crippen molar-refractivity contribution in [3.05, 3.63) is 61.2 Å². The molecule has 0 fully saturated rings. The third-order valence-corrected chi connectivity index (χ3v) is 6.81. The molecule has 1 rings (SSSR count). The van der Waals surface area contributed by atoms with Gasteiger partial charge in [0.25, 0.3) is 0 Å². The van der Waals surface area contributed by atoms with E-state index in [9.17, 15) is 0 Å². The van der Waals surface area contributed by atoms with Gasteiger partial charge in [-0.2, -0.15) is 0 Å². The second-order valence-corrected chi connectivity index (χ2v) is 10.7. The van der Waals surface area contributed by atoms with Gasteiger partial charge >= 0.3 is 0 Å². The molecular weight excluding hydrogens is 544 g/mol. The van der Waals surface area contributed by atoms with Crippen LogP contribution >= 0.6 is 0 Å². The highest BCUT2D eigenvalue weighted by atomic mass is 16.6. The maximum Gasteiger partial charge on any atom is 0.104 e. The molecule has 0 N–H and O–H groups in total. The summed E-state index contributed by atoms with van der Waals surface area (Å²) in [4.78, 5) is 0. The molecule has 0 amide bonds. The van der Waals surface area contributed by atoms with Crippen LogP contribution in [0.15, 0.2) is 55.6 Å². The summed E-state index contributed by atoms with van der Waals surface area (Å²) in [5.74, 6) is 0. The number of hydrogen-bond acceptors (Lipinski definition) is 7. The zero-order valence-corrected chi connectivity index (χ0v) is 27.1. The Morgan fingerprint density at radius 1 is 0.465 bits per heavy atom. The fraction of sp³-hybridized carbons (Fsp3) is 0.722. The molecule has 7 nitrogen and oxygen atoms in total. The minimum absolute atomic E-state index is 0.0413. The van der Waals surface area contributed by atoms with Crippen LogP contribution in [0.3, 0.4) is 0 Å². The van der Waals surface area contributed by atoms with E-state index in [-0.39, 0.29) is 6.10 Å². The van der Waals surface area contributed by atoms with E-state index in [4.69, 9.17) is 33.2 Å². The molecule has 0 spiro atoms. The van der Waals surface area contributed by atoms with Crippen LogP contribution in [0.25, 0.3) is 0 Å². The topological polar surface area (TPSA) is 64.6 Å². The Morgan fingerprint density at radius 3 is 1.47 bits per heavy atom. The lowest BCUT2D eigenvalue weighted by atomic mass is 10.1. The van der Waals surface area contributed by atoms with E-state index in [1.54, 1.807) is 0 Å². The summed E-state index contributed by atoms with van der Waals surface area (Å²) in [6.07, 6.45) is 18.3. The van der Waals surface area contributed by atoms with E-state index in [1.807, 2.05) is 30.4 Å². The first kappa shape index (κ1) is 39.4. The highest BCUT2D eigenvalue weighted by molar-refractivity contribution is 5.13. The van der Waals surface area contributed by atoms with Gasteiger partial charge in [-0.25, -0.2) is 0 Å². The molecule has 43 heavy (non-hydrogen) atoms. The fourth-order valence-electron chi connectivity index (χ4n) is 4.31. The van der Waals surface area contributed by atoms with Gasteiger partial charge < -0.3 is 33.2 Å². The molecule has 1 atom stereocenters. The first-order chi connectivity index (χ1) is 21.4. The lowest BCUT2D eigenvalue weighted by molar-refractivity contribution is -0.0702. The van der Waals surface area contributed by atoms with Crippen molar-refractivity contribution >= 4 is 0 Å². The first-order valence-corrected chi connectivity index (χ1v) is 16.7. The third kappa shape index (κ3) is 28.9. The molecule has 0 bridgehead atoms. The van der Waals surface area contributed by atoms with E-state index in [0.29, 0.717) is 72.7 Å². The normalized spacial score (nSPS) is 12.0. The number of unbranched alkanes of at least 4 members (excludes halogenated alkanes) is 10. The van der Waals surface area contributed by atoms with Crippen LogP contribution in [-0.4, -0.2) is 85.4 Å². The summed E-state index contributed by atoms with van der Waals surface area (Å²) >= 11 is 0. The molecule has 0 aliphatic heterocycles. The van der Waals surface area contributed by atoms with Crippen LogP contribution in [-0.2, 0) is 39.8 Å². The molecule has 0 saturated heterocycles. The van der Waals surface area contributed by atoms with E-state index in [0.717, 1.165) is 38.9 Å². The monoisotopic (exact) mass is 606 g/mol. The Bertz CT molecular complexity index is 700. The van der Waals surface area contributed by atoms with Gasteiger partial charge in [0.15, 0.2) is 0 Å². The zero-order valence-electron chi connectivity index (χ0n) is 27.1. The quantitative estimate of drug-likeness (QED) is 0.0579. The van der Waals surface area contributed by atoms with Gasteiger partial charge in [0.2, 0.25) is 0 Å². The van der Waals surface area contributed by atoms with Gasteiger partial charge in [-0.05, 0) is 44.1 Å². The van der Waals surface area contributed by atoms with Crippen molar-refractivity contribution in [3.63, 3.8) is 0 Å². The molecule has 248 valence electrons. The molecular formula is C36H62O7. The smallest absolute Gasteiger partial charge is 0.104 e. The summed E-state index contributed by atoms with van der Waals surface area (Å²) in [5.41, 5.74) is 1.17. The summed E-state index contributed by atoms with van der Waals surface area (Å²) < 4.78 is 40.3. The van der Waals surface area contributed by atoms with Crippen LogP contribution in [0.2, 0.25) is 0 Å². The van der Waals surface area contributed by atoms with Gasteiger partial charge in [-0.3, -0.25) is 0 Å². The standard InChI is InChI=1S/C36H62O7/c1-3-5-7-9-11-13-18-22-40-33-36(43-23-19-14-12-10-8-6-4-2)34-42-31-29-39-27-25-37-24-26-38-28-30-41-32-35-20-16-15-17-21-35/h3-4,15-17,20-21,36H,1-2,5-14,18-19,22-34H2. The molecule has 7 heteroatoms. The fourth-order valence-corrected chi connectivity index (χ4v) is 4.31. The highest BCUT2D eigenvalue weighted by Gasteiger charge is 2.10. The Balaban J connectivity index is 1.99. The number of ether oxygens (including phenoxy) is 7. The van der Waals surface area contributed by atoms with E-state index in [1.165, 1.54) is 56.9 Å². The predicted octanol–water partition coefficient (Wildman–Crippen LogP) is 7.72. The predicted molar refractivity (Wildman–Crippen MR) is 176 cm³/mol. The van der Waals surface area contributed by atoms with Crippen LogP contribution in [0, 0.1) is 0 Å². The maximum absolute atomic E-state index is 6.12. The summed E-state index contributed by atoms with van der Waals surface area (Å²) in [7, 11) is 0. The molecule has 0 saturated carbocycles. The largest absolute Gasteiger partial charge is 0.379 e. The van der Waals surface area contributed by atoms with E-state index in [2.05, 4.69) is 25.3 Å². The summed E-state index contributed by atoms with van der Waals surface area (Å²) in [5, 5.41) is 0. The molecule has 0 heterocycles. The minimum atomic E-state index is -0.0413. The number of hydrogen-bond donors (Lipinski definition) is 0. The summed E-state index contributed by atoms with van der Waals surface area (Å²) in [6.45, 7) is 15.2. The number of allylic oxidation sites excluding steroid dienone is 2. The van der Waals surface area contributed by atoms with Gasteiger partial charge in [0, 0.05) is 13.2 Å². The Morgan fingerprint density at radius 2 is 0.907 bits per heavy atom. The molecule has 0 aliphatic carbocycles. The molecule has 0 aromatic heterocycles. The zero-order chi connectivity index (χ0) is 30.7. The minimum Gasteiger partial charge on any atom is -0.379 e. The average Bonchev–Trinajstić information content (AvgIpc) is 3.03. The van der Waals surface area contributed by atoms with Gasteiger partial charge in [-0.15, -0.1) is 13.2 Å². The molecule has 0 radical (unpaired) electrons. The summed E-state index contributed by atoms with van der Waals surface area (Å²) in [6, 6.07) is 10.1. The van der Waals surface area contributed by atoms with Crippen molar-refractivity contribution in [2.75, 3.05) is 79.3 Å². The highest BCUT2D eigenvalue weighted by Crippen LogP contribution is 2.08. The Hall–Kier alpha value is -1.58. The Kier molecular flexibility index (Phi) is 30.6. The molecule has 1 aromatic carbocycles. The van der Waals surface area contributed by atoms with Gasteiger partial charge in [0.05, 0.1) is 72.7 Å². The maximum atomic E-state index is 6.12. The van der Waals surface area contributed by atoms with Gasteiger partial charge in [-0.1, -0.05) is 81.0 Å². The van der Waals surface area contributed by atoms with Crippen molar-refractivity contribution in [2.24, 2.45) is 0 Å². The lowest BCUT2D eigenvalue weighted by Gasteiger charge is -2.18. The van der Waals surface area contributed by atoms with Crippen molar-refractivity contribution in [3.8, 4) is 0 Å². The van der Waals surface area contributed by atoms with Gasteiger partial charge in [0.1, 0.15) is 6.10 Å².